The number of nitrogens with zero attached hydrogens (tertiary/aromatic N) is 2. The van der Waals surface area contributed by atoms with Crippen LogP contribution in [0.4, 0.5) is 0 Å². The van der Waals surface area contributed by atoms with Crippen LogP contribution in [0.2, 0.25) is 0 Å². The second kappa shape index (κ2) is 4.72. The fourth-order valence-corrected chi connectivity index (χ4v) is 2.37. The molecule has 1 aromatic heterocycles. The van der Waals surface area contributed by atoms with E-state index >= 15 is 0 Å². The molecule has 2 aromatic rings. The minimum Gasteiger partial charge on any atom is -0.354 e. The number of carbonyl (C=O) groups excluding carboxylic acids is 2. The Morgan fingerprint density at radius 3 is 1.95 bits per heavy atom. The Morgan fingerprint density at radius 2 is 1.37 bits per heavy atom. The molecule has 1 aliphatic heterocycles. The molecule has 3 rings (SSSR count). The molecule has 4 heteroatoms. The van der Waals surface area contributed by atoms with Gasteiger partial charge in [-0.2, -0.15) is 0 Å². The fraction of sp³-hybridized carbons (Fsp3) is 0.200. The number of hydrogen-bond acceptors (Lipinski definition) is 2. The van der Waals surface area contributed by atoms with Crippen LogP contribution < -0.4 is 0 Å². The first-order valence-electron chi connectivity index (χ1n) is 6.33. The Kier molecular flexibility index (Phi) is 2.91. The molecule has 0 spiro atoms. The molecule has 0 fully saturated rings. The summed E-state index contributed by atoms with van der Waals surface area (Å²) < 4.78 is 2.04. The average Bonchev–Trinajstić information content (AvgIpc) is 3.02. The van der Waals surface area contributed by atoms with Gasteiger partial charge in [-0.1, -0.05) is 12.1 Å². The summed E-state index contributed by atoms with van der Waals surface area (Å²) >= 11 is 0. The van der Waals surface area contributed by atoms with Crippen LogP contribution in [0.15, 0.2) is 48.8 Å². The van der Waals surface area contributed by atoms with Crippen molar-refractivity contribution in [2.75, 3.05) is 6.54 Å². The Hall–Kier alpha value is -2.36. The molecular weight excluding hydrogens is 240 g/mol. The molecule has 0 aliphatic carbocycles. The summed E-state index contributed by atoms with van der Waals surface area (Å²) in [5, 5.41) is 0. The second-order valence-corrected chi connectivity index (χ2v) is 4.58. The molecule has 0 unspecified atom stereocenters. The molecule has 0 radical (unpaired) electrons. The quantitative estimate of drug-likeness (QED) is 0.785. The van der Waals surface area contributed by atoms with E-state index in [1.165, 1.54) is 4.90 Å². The number of carbonyl (C=O) groups is 2. The van der Waals surface area contributed by atoms with Crippen molar-refractivity contribution in [3.63, 3.8) is 0 Å². The van der Waals surface area contributed by atoms with E-state index in [1.54, 1.807) is 24.3 Å². The van der Waals surface area contributed by atoms with Crippen LogP contribution in [-0.2, 0) is 6.54 Å². The van der Waals surface area contributed by atoms with E-state index in [0.29, 0.717) is 17.7 Å². The van der Waals surface area contributed by atoms with Crippen LogP contribution in [-0.4, -0.2) is 27.8 Å². The van der Waals surface area contributed by atoms with Crippen molar-refractivity contribution in [2.24, 2.45) is 0 Å². The predicted octanol–water partition coefficient (Wildman–Crippen LogP) is 2.17. The summed E-state index contributed by atoms with van der Waals surface area (Å²) in [5.41, 5.74) is 1.04. The first-order chi connectivity index (χ1) is 9.27. The number of amides is 2. The highest BCUT2D eigenvalue weighted by Crippen LogP contribution is 2.22. The minimum absolute atomic E-state index is 0.173. The van der Waals surface area contributed by atoms with Crippen molar-refractivity contribution < 1.29 is 9.59 Å². The van der Waals surface area contributed by atoms with Gasteiger partial charge in [-0.05, 0) is 30.7 Å². The lowest BCUT2D eigenvalue weighted by molar-refractivity contribution is 0.0651. The summed E-state index contributed by atoms with van der Waals surface area (Å²) in [7, 11) is 0. The first kappa shape index (κ1) is 11.7. The van der Waals surface area contributed by atoms with Gasteiger partial charge in [-0.15, -0.1) is 0 Å². The second-order valence-electron chi connectivity index (χ2n) is 4.58. The highest BCUT2D eigenvalue weighted by Gasteiger charge is 2.34. The van der Waals surface area contributed by atoms with E-state index < -0.39 is 0 Å². The van der Waals surface area contributed by atoms with Crippen LogP contribution in [0.3, 0.4) is 0 Å². The van der Waals surface area contributed by atoms with Gasteiger partial charge in [-0.25, -0.2) is 0 Å². The van der Waals surface area contributed by atoms with E-state index in [2.05, 4.69) is 0 Å². The Bertz CT molecular complexity index is 582. The molecule has 1 aromatic carbocycles. The van der Waals surface area contributed by atoms with E-state index in [4.69, 9.17) is 0 Å². The van der Waals surface area contributed by atoms with E-state index in [9.17, 15) is 9.59 Å². The van der Waals surface area contributed by atoms with Crippen molar-refractivity contribution >= 4 is 11.8 Å². The molecule has 2 heterocycles. The van der Waals surface area contributed by atoms with Crippen LogP contribution in [0, 0.1) is 0 Å². The lowest BCUT2D eigenvalue weighted by Crippen LogP contribution is -2.31. The summed E-state index contributed by atoms with van der Waals surface area (Å²) in [6, 6.07) is 10.9. The Morgan fingerprint density at radius 1 is 0.789 bits per heavy atom. The van der Waals surface area contributed by atoms with Gasteiger partial charge in [0.1, 0.15) is 0 Å². The van der Waals surface area contributed by atoms with Gasteiger partial charge in [0.2, 0.25) is 0 Å². The zero-order valence-corrected chi connectivity index (χ0v) is 10.5. The number of rotatable bonds is 4. The standard InChI is InChI=1S/C15H14N2O2/c18-14-12-6-1-2-7-13(12)15(19)17(14)11-5-10-16-8-3-4-9-16/h1-4,6-9H,5,10-11H2. The topological polar surface area (TPSA) is 42.3 Å². The number of aromatic nitrogens is 1. The lowest BCUT2D eigenvalue weighted by atomic mass is 10.1. The maximum absolute atomic E-state index is 12.1. The van der Waals surface area contributed by atoms with Gasteiger partial charge < -0.3 is 4.57 Å². The molecule has 96 valence electrons. The van der Waals surface area contributed by atoms with Crippen LogP contribution >= 0.6 is 0 Å². The zero-order valence-electron chi connectivity index (χ0n) is 10.5. The smallest absolute Gasteiger partial charge is 0.261 e. The normalized spacial score (nSPS) is 14.0. The molecule has 19 heavy (non-hydrogen) atoms. The largest absolute Gasteiger partial charge is 0.354 e. The van der Waals surface area contributed by atoms with Gasteiger partial charge in [-0.3, -0.25) is 14.5 Å². The van der Waals surface area contributed by atoms with Crippen molar-refractivity contribution in [3.8, 4) is 0 Å². The van der Waals surface area contributed by atoms with Crippen LogP contribution in [0.25, 0.3) is 0 Å². The number of fused-ring (bicyclic) bond motifs is 1. The summed E-state index contributed by atoms with van der Waals surface area (Å²) in [6.45, 7) is 1.27. The maximum atomic E-state index is 12.1. The number of hydrogen-bond donors (Lipinski definition) is 0. The minimum atomic E-state index is -0.173. The van der Waals surface area contributed by atoms with E-state index in [1.807, 2.05) is 29.1 Å². The van der Waals surface area contributed by atoms with Crippen molar-refractivity contribution in [3.05, 3.63) is 59.9 Å². The van der Waals surface area contributed by atoms with Crippen molar-refractivity contribution in [1.82, 2.24) is 9.47 Å². The molecular formula is C15H14N2O2. The number of benzene rings is 1. The molecule has 0 saturated heterocycles. The third kappa shape index (κ3) is 2.05. The predicted molar refractivity (Wildman–Crippen MR) is 70.9 cm³/mol. The van der Waals surface area contributed by atoms with Gasteiger partial charge >= 0.3 is 0 Å². The molecule has 0 atom stereocenters. The van der Waals surface area contributed by atoms with Crippen molar-refractivity contribution in [2.45, 2.75) is 13.0 Å². The lowest BCUT2D eigenvalue weighted by Gasteiger charge is -2.13. The SMILES string of the molecule is O=C1c2ccccc2C(=O)N1CCCn1cccc1. The maximum Gasteiger partial charge on any atom is 0.261 e. The average molecular weight is 254 g/mol. The van der Waals surface area contributed by atoms with Crippen LogP contribution in [0.5, 0.6) is 0 Å². The zero-order chi connectivity index (χ0) is 13.2. The Balaban J connectivity index is 1.67. The van der Waals surface area contributed by atoms with Gasteiger partial charge in [0.25, 0.3) is 11.8 Å². The summed E-state index contributed by atoms with van der Waals surface area (Å²) in [4.78, 5) is 25.5. The van der Waals surface area contributed by atoms with E-state index in [-0.39, 0.29) is 11.8 Å². The summed E-state index contributed by atoms with van der Waals surface area (Å²) in [5.74, 6) is -0.346. The first-order valence-corrected chi connectivity index (χ1v) is 6.33. The summed E-state index contributed by atoms with van der Waals surface area (Å²) in [6.07, 6.45) is 4.71. The van der Waals surface area contributed by atoms with E-state index in [0.717, 1.165) is 13.0 Å². The van der Waals surface area contributed by atoms with Gasteiger partial charge in [0.05, 0.1) is 11.1 Å². The monoisotopic (exact) mass is 254 g/mol. The third-order valence-corrected chi connectivity index (χ3v) is 3.34. The van der Waals surface area contributed by atoms with Crippen molar-refractivity contribution in [1.29, 1.82) is 0 Å². The van der Waals surface area contributed by atoms with Crippen LogP contribution in [0.1, 0.15) is 27.1 Å². The molecule has 0 saturated carbocycles. The molecule has 4 nitrogen and oxygen atoms in total. The highest BCUT2D eigenvalue weighted by molar-refractivity contribution is 6.21. The molecule has 2 amide bonds. The van der Waals surface area contributed by atoms with Gasteiger partial charge in [0.15, 0.2) is 0 Å². The fourth-order valence-electron chi connectivity index (χ4n) is 2.37. The third-order valence-electron chi connectivity index (χ3n) is 3.34. The molecule has 0 N–H and O–H groups in total. The Labute approximate surface area is 111 Å². The molecule has 0 bridgehead atoms. The van der Waals surface area contributed by atoms with Gasteiger partial charge in [0, 0.05) is 25.5 Å². The highest BCUT2D eigenvalue weighted by atomic mass is 16.2. The number of aryl methyl sites for hydroxylation is 1. The number of imide groups is 1. The molecule has 1 aliphatic rings.